The Hall–Kier alpha value is -1.09. The lowest BCUT2D eigenvalue weighted by Crippen LogP contribution is -2.48. The summed E-state index contributed by atoms with van der Waals surface area (Å²) in [5.74, 6) is 0.485. The number of piperidine rings is 1. The number of fused-ring (bicyclic) bond motifs is 2. The van der Waals surface area contributed by atoms with E-state index in [0.717, 1.165) is 37.7 Å². The molecule has 8 heteroatoms. The highest BCUT2D eigenvalue weighted by Crippen LogP contribution is 2.36. The van der Waals surface area contributed by atoms with Gasteiger partial charge in [0.2, 0.25) is 10.0 Å². The Bertz CT molecular complexity index is 804. The second-order valence-electron chi connectivity index (χ2n) is 6.17. The molecule has 2 aromatic rings. The van der Waals surface area contributed by atoms with Crippen LogP contribution in [0.1, 0.15) is 12.8 Å². The van der Waals surface area contributed by atoms with Gasteiger partial charge in [-0.1, -0.05) is 6.07 Å². The van der Waals surface area contributed by atoms with E-state index >= 15 is 0 Å². The van der Waals surface area contributed by atoms with Crippen LogP contribution in [0.2, 0.25) is 0 Å². The van der Waals surface area contributed by atoms with Crippen molar-refractivity contribution in [3.05, 3.63) is 18.2 Å². The number of hydrogen-bond donors (Lipinski definition) is 0. The summed E-state index contributed by atoms with van der Waals surface area (Å²) in [7, 11) is -1.46. The molecule has 1 aromatic carbocycles. The van der Waals surface area contributed by atoms with Crippen molar-refractivity contribution in [3.8, 4) is 0 Å². The molecule has 0 saturated carbocycles. The van der Waals surface area contributed by atoms with Crippen LogP contribution in [0.25, 0.3) is 11.0 Å². The summed E-state index contributed by atoms with van der Waals surface area (Å²) in [6.07, 6.45) is 2.04. The first-order valence-corrected chi connectivity index (χ1v) is 9.66. The van der Waals surface area contributed by atoms with E-state index in [2.05, 4.69) is 20.7 Å². The molecule has 2 aliphatic rings. The van der Waals surface area contributed by atoms with Gasteiger partial charge in [-0.2, -0.15) is 13.1 Å². The summed E-state index contributed by atoms with van der Waals surface area (Å²) >= 11 is 1.06. The minimum absolute atomic E-state index is 0.0885. The molecule has 2 saturated heterocycles. The molecule has 0 spiro atoms. The lowest BCUT2D eigenvalue weighted by molar-refractivity contribution is 0.165. The Balaban J connectivity index is 1.76. The molecule has 0 radical (unpaired) electrons. The molecule has 1 aromatic heterocycles. The second-order valence-corrected chi connectivity index (χ2v) is 8.56. The van der Waals surface area contributed by atoms with Crippen molar-refractivity contribution in [2.45, 2.75) is 23.8 Å². The SMILES string of the molecule is CN1CC[C@H]2CCN(S(=O)(=O)c3cccc4nsnc34)[C@@H]2C1. The van der Waals surface area contributed by atoms with Crippen molar-refractivity contribution in [3.63, 3.8) is 0 Å². The molecule has 2 aliphatic heterocycles. The van der Waals surface area contributed by atoms with Crippen LogP contribution in [0, 0.1) is 5.92 Å². The number of benzene rings is 1. The normalized spacial score (nSPS) is 27.3. The van der Waals surface area contributed by atoms with Gasteiger partial charge in [0.15, 0.2) is 0 Å². The number of likely N-dealkylation sites (N-methyl/N-ethyl adjacent to an activating group) is 1. The number of sulfonamides is 1. The lowest BCUT2D eigenvalue weighted by Gasteiger charge is -2.36. The number of likely N-dealkylation sites (tertiary alicyclic amines) is 1. The van der Waals surface area contributed by atoms with E-state index in [1.54, 1.807) is 22.5 Å². The van der Waals surface area contributed by atoms with Gasteiger partial charge in [0.25, 0.3) is 0 Å². The van der Waals surface area contributed by atoms with Crippen molar-refractivity contribution >= 4 is 32.8 Å². The zero-order chi connectivity index (χ0) is 15.3. The van der Waals surface area contributed by atoms with Gasteiger partial charge in [-0.15, -0.1) is 0 Å². The Morgan fingerprint density at radius 3 is 2.91 bits per heavy atom. The van der Waals surface area contributed by atoms with Crippen LogP contribution < -0.4 is 0 Å². The number of rotatable bonds is 2. The standard InChI is InChI=1S/C14H18N4O2S2/c1-17-7-5-10-6-8-18(12(10)9-17)22(19,20)13-4-2-3-11-14(13)16-21-15-11/h2-4,10,12H,5-9H2,1H3/t10-,12+/m0/s1. The minimum Gasteiger partial charge on any atom is -0.305 e. The molecule has 22 heavy (non-hydrogen) atoms. The third kappa shape index (κ3) is 2.17. The first-order valence-electron chi connectivity index (χ1n) is 7.49. The van der Waals surface area contributed by atoms with Crippen molar-refractivity contribution < 1.29 is 8.42 Å². The van der Waals surface area contributed by atoms with Gasteiger partial charge < -0.3 is 4.90 Å². The number of nitrogens with zero attached hydrogens (tertiary/aromatic N) is 4. The molecule has 3 heterocycles. The topological polar surface area (TPSA) is 66.4 Å². The van der Waals surface area contributed by atoms with E-state index in [-0.39, 0.29) is 6.04 Å². The van der Waals surface area contributed by atoms with Gasteiger partial charge in [-0.05, 0) is 44.5 Å². The molecule has 6 nitrogen and oxygen atoms in total. The van der Waals surface area contributed by atoms with Gasteiger partial charge >= 0.3 is 0 Å². The molecule has 2 atom stereocenters. The third-order valence-electron chi connectivity index (χ3n) is 4.85. The molecule has 118 valence electrons. The molecule has 0 N–H and O–H groups in total. The Morgan fingerprint density at radius 2 is 2.05 bits per heavy atom. The summed E-state index contributed by atoms with van der Waals surface area (Å²) < 4.78 is 36.3. The maximum atomic E-state index is 13.2. The predicted octanol–water partition coefficient (Wildman–Crippen LogP) is 1.41. The van der Waals surface area contributed by atoms with Crippen LogP contribution in [0.5, 0.6) is 0 Å². The maximum absolute atomic E-state index is 13.2. The monoisotopic (exact) mass is 338 g/mol. The average Bonchev–Trinajstić information content (AvgIpc) is 3.12. The highest BCUT2D eigenvalue weighted by molar-refractivity contribution is 7.89. The Morgan fingerprint density at radius 1 is 1.23 bits per heavy atom. The molecule has 0 amide bonds. The van der Waals surface area contributed by atoms with Gasteiger partial charge in [-0.25, -0.2) is 8.42 Å². The molecule has 0 aliphatic carbocycles. The fourth-order valence-electron chi connectivity index (χ4n) is 3.67. The van der Waals surface area contributed by atoms with Gasteiger partial charge in [0.1, 0.15) is 15.9 Å². The first-order chi connectivity index (χ1) is 10.6. The summed E-state index contributed by atoms with van der Waals surface area (Å²) in [6, 6.07) is 5.29. The summed E-state index contributed by atoms with van der Waals surface area (Å²) in [5, 5.41) is 0. The van der Waals surface area contributed by atoms with Crippen molar-refractivity contribution in [2.75, 3.05) is 26.7 Å². The van der Waals surface area contributed by atoms with E-state index in [1.807, 2.05) is 0 Å². The minimum atomic E-state index is -3.52. The quantitative estimate of drug-likeness (QED) is 0.828. The summed E-state index contributed by atoms with van der Waals surface area (Å²) in [5.41, 5.74) is 1.16. The zero-order valence-electron chi connectivity index (χ0n) is 12.3. The number of aromatic nitrogens is 2. The fraction of sp³-hybridized carbons (Fsp3) is 0.571. The predicted molar refractivity (Wildman–Crippen MR) is 85.3 cm³/mol. The second kappa shape index (κ2) is 5.23. The van der Waals surface area contributed by atoms with Gasteiger partial charge in [-0.3, -0.25) is 0 Å². The van der Waals surface area contributed by atoms with Crippen molar-refractivity contribution in [1.82, 2.24) is 18.0 Å². The molecule has 4 rings (SSSR count). The Kier molecular flexibility index (Phi) is 3.44. The molecule has 2 fully saturated rings. The van der Waals surface area contributed by atoms with Gasteiger partial charge in [0, 0.05) is 19.1 Å². The van der Waals surface area contributed by atoms with Crippen LogP contribution in [0.4, 0.5) is 0 Å². The van der Waals surface area contributed by atoms with Crippen molar-refractivity contribution in [1.29, 1.82) is 0 Å². The summed E-state index contributed by atoms with van der Waals surface area (Å²) in [4.78, 5) is 2.52. The van der Waals surface area contributed by atoms with E-state index in [4.69, 9.17) is 0 Å². The molecular formula is C14H18N4O2S2. The lowest BCUT2D eigenvalue weighted by atomic mass is 9.93. The third-order valence-corrected chi connectivity index (χ3v) is 7.35. The van der Waals surface area contributed by atoms with Crippen LogP contribution in [0.3, 0.4) is 0 Å². The van der Waals surface area contributed by atoms with E-state index in [0.29, 0.717) is 28.4 Å². The fourth-order valence-corrected chi connectivity index (χ4v) is 6.12. The van der Waals surface area contributed by atoms with Crippen molar-refractivity contribution in [2.24, 2.45) is 5.92 Å². The molecular weight excluding hydrogens is 320 g/mol. The Labute approximate surface area is 134 Å². The average molecular weight is 338 g/mol. The molecule has 0 bridgehead atoms. The number of hydrogen-bond acceptors (Lipinski definition) is 6. The van der Waals surface area contributed by atoms with E-state index in [9.17, 15) is 8.42 Å². The smallest absolute Gasteiger partial charge is 0.245 e. The molecule has 0 unspecified atom stereocenters. The van der Waals surface area contributed by atoms with E-state index in [1.165, 1.54) is 0 Å². The highest BCUT2D eigenvalue weighted by atomic mass is 32.2. The highest BCUT2D eigenvalue weighted by Gasteiger charge is 2.44. The van der Waals surface area contributed by atoms with Crippen LogP contribution in [0.15, 0.2) is 23.1 Å². The maximum Gasteiger partial charge on any atom is 0.245 e. The van der Waals surface area contributed by atoms with Crippen LogP contribution >= 0.6 is 11.7 Å². The zero-order valence-corrected chi connectivity index (χ0v) is 14.0. The van der Waals surface area contributed by atoms with Crippen LogP contribution in [-0.2, 0) is 10.0 Å². The summed E-state index contributed by atoms with van der Waals surface area (Å²) in [6.45, 7) is 2.48. The van der Waals surface area contributed by atoms with Crippen LogP contribution in [-0.4, -0.2) is 59.1 Å². The first kappa shape index (κ1) is 14.5. The van der Waals surface area contributed by atoms with Gasteiger partial charge in [0.05, 0.1) is 11.7 Å². The van der Waals surface area contributed by atoms with E-state index < -0.39 is 10.0 Å². The largest absolute Gasteiger partial charge is 0.305 e.